The number of carbonyl (C=O) groups is 1. The van der Waals surface area contributed by atoms with Crippen molar-refractivity contribution in [3.8, 4) is 0 Å². The molecule has 0 bridgehead atoms. The van der Waals surface area contributed by atoms with Crippen LogP contribution in [0.5, 0.6) is 0 Å². The van der Waals surface area contributed by atoms with Gasteiger partial charge >= 0.3 is 0 Å². The molecule has 0 amide bonds. The number of benzene rings is 1. The van der Waals surface area contributed by atoms with Crippen LogP contribution in [0.25, 0.3) is 0 Å². The van der Waals surface area contributed by atoms with Gasteiger partial charge in [-0.25, -0.2) is 4.39 Å². The van der Waals surface area contributed by atoms with Gasteiger partial charge in [0.15, 0.2) is 6.29 Å². The summed E-state index contributed by atoms with van der Waals surface area (Å²) in [4.78, 5) is 10.4. The zero-order valence-corrected chi connectivity index (χ0v) is 8.51. The lowest BCUT2D eigenvalue weighted by Crippen LogP contribution is -2.19. The first kappa shape index (κ1) is 12.8. The van der Waals surface area contributed by atoms with Crippen molar-refractivity contribution >= 4 is 6.29 Å². The van der Waals surface area contributed by atoms with Crippen LogP contribution < -0.4 is 0 Å². The highest BCUT2D eigenvalue weighted by Gasteiger charge is 2.18. The van der Waals surface area contributed by atoms with E-state index in [0.29, 0.717) is 6.29 Å². The molecule has 0 spiro atoms. The van der Waals surface area contributed by atoms with E-state index in [0.717, 1.165) is 6.07 Å². The molecule has 2 atom stereocenters. The first-order chi connectivity index (χ1) is 7.60. The van der Waals surface area contributed by atoms with E-state index < -0.39 is 18.0 Å². The zero-order chi connectivity index (χ0) is 12.1. The van der Waals surface area contributed by atoms with Gasteiger partial charge in [0.25, 0.3) is 0 Å². The first-order valence-corrected chi connectivity index (χ1v) is 4.81. The number of aliphatic hydroxyl groups excluding tert-OH is 3. The second-order valence-electron chi connectivity index (χ2n) is 3.42. The van der Waals surface area contributed by atoms with E-state index in [4.69, 9.17) is 5.11 Å². The lowest BCUT2D eigenvalue weighted by atomic mass is 10.0. The van der Waals surface area contributed by atoms with Crippen LogP contribution >= 0.6 is 0 Å². The molecule has 4 nitrogen and oxygen atoms in total. The summed E-state index contributed by atoms with van der Waals surface area (Å²) < 4.78 is 13.2. The number of aliphatic hydroxyl groups is 3. The number of hydrogen-bond acceptors (Lipinski definition) is 4. The minimum Gasteiger partial charge on any atom is -0.396 e. The SMILES string of the molecule is O=Cc1ccc(C(O)C(O)CCO)cc1F. The molecule has 0 fully saturated rings. The minimum absolute atomic E-state index is 0.00177. The third-order valence-electron chi connectivity index (χ3n) is 2.28. The predicted molar refractivity (Wildman–Crippen MR) is 54.5 cm³/mol. The monoisotopic (exact) mass is 228 g/mol. The van der Waals surface area contributed by atoms with E-state index in [-0.39, 0.29) is 24.2 Å². The van der Waals surface area contributed by atoms with Gasteiger partial charge in [-0.1, -0.05) is 6.07 Å². The molecule has 1 aromatic rings. The van der Waals surface area contributed by atoms with Gasteiger partial charge in [-0.05, 0) is 24.1 Å². The van der Waals surface area contributed by atoms with Crippen LogP contribution in [0, 0.1) is 5.82 Å². The lowest BCUT2D eigenvalue weighted by molar-refractivity contribution is 0.00407. The second kappa shape index (κ2) is 5.69. The molecular weight excluding hydrogens is 215 g/mol. The predicted octanol–water partition coefficient (Wildman–Crippen LogP) is 0.415. The molecule has 88 valence electrons. The molecule has 2 unspecified atom stereocenters. The summed E-state index contributed by atoms with van der Waals surface area (Å²) in [5, 5.41) is 27.6. The van der Waals surface area contributed by atoms with Gasteiger partial charge in [0, 0.05) is 6.61 Å². The Morgan fingerprint density at radius 2 is 2.06 bits per heavy atom. The van der Waals surface area contributed by atoms with Gasteiger partial charge in [0.1, 0.15) is 11.9 Å². The molecule has 0 radical (unpaired) electrons. The standard InChI is InChI=1S/C11H13FO4/c12-9-5-7(1-2-8(9)6-14)11(16)10(15)3-4-13/h1-2,5-6,10-11,13,15-16H,3-4H2. The molecule has 0 heterocycles. The Balaban J connectivity index is 2.88. The van der Waals surface area contributed by atoms with Crippen molar-refractivity contribution in [3.05, 3.63) is 35.1 Å². The lowest BCUT2D eigenvalue weighted by Gasteiger charge is -2.17. The van der Waals surface area contributed by atoms with E-state index in [1.165, 1.54) is 12.1 Å². The van der Waals surface area contributed by atoms with Crippen molar-refractivity contribution in [3.63, 3.8) is 0 Å². The molecule has 0 aliphatic heterocycles. The Morgan fingerprint density at radius 3 is 2.56 bits per heavy atom. The summed E-state index contributed by atoms with van der Waals surface area (Å²) >= 11 is 0. The summed E-state index contributed by atoms with van der Waals surface area (Å²) in [7, 11) is 0. The normalized spacial score (nSPS) is 14.5. The third kappa shape index (κ3) is 2.85. The highest BCUT2D eigenvalue weighted by atomic mass is 19.1. The first-order valence-electron chi connectivity index (χ1n) is 4.81. The van der Waals surface area contributed by atoms with E-state index in [9.17, 15) is 19.4 Å². The van der Waals surface area contributed by atoms with Crippen molar-refractivity contribution in [2.75, 3.05) is 6.61 Å². The summed E-state index contributed by atoms with van der Waals surface area (Å²) in [5.41, 5.74) is 0.0663. The van der Waals surface area contributed by atoms with Crippen molar-refractivity contribution in [2.45, 2.75) is 18.6 Å². The smallest absolute Gasteiger partial charge is 0.152 e. The fourth-order valence-electron chi connectivity index (χ4n) is 1.34. The van der Waals surface area contributed by atoms with Crippen LogP contribution in [-0.4, -0.2) is 34.3 Å². The van der Waals surface area contributed by atoms with E-state index >= 15 is 0 Å². The van der Waals surface area contributed by atoms with Gasteiger partial charge in [0.2, 0.25) is 0 Å². The quantitative estimate of drug-likeness (QED) is 0.638. The average molecular weight is 228 g/mol. The number of halogens is 1. The number of aldehydes is 1. The second-order valence-corrected chi connectivity index (χ2v) is 3.42. The maximum Gasteiger partial charge on any atom is 0.152 e. The summed E-state index contributed by atoms with van der Waals surface area (Å²) in [5.74, 6) is -0.747. The van der Waals surface area contributed by atoms with Gasteiger partial charge < -0.3 is 15.3 Å². The van der Waals surface area contributed by atoms with Crippen molar-refractivity contribution in [1.82, 2.24) is 0 Å². The molecule has 16 heavy (non-hydrogen) atoms. The molecule has 0 aromatic heterocycles. The molecule has 0 aliphatic carbocycles. The van der Waals surface area contributed by atoms with Crippen molar-refractivity contribution in [1.29, 1.82) is 0 Å². The van der Waals surface area contributed by atoms with Crippen LogP contribution in [0.4, 0.5) is 4.39 Å². The number of hydrogen-bond donors (Lipinski definition) is 3. The molecule has 0 saturated heterocycles. The Morgan fingerprint density at radius 1 is 1.38 bits per heavy atom. The summed E-state index contributed by atoms with van der Waals surface area (Å²) in [6.07, 6.45) is -2.07. The van der Waals surface area contributed by atoms with Crippen LogP contribution in [0.15, 0.2) is 18.2 Å². The van der Waals surface area contributed by atoms with Crippen LogP contribution in [-0.2, 0) is 0 Å². The largest absolute Gasteiger partial charge is 0.396 e. The van der Waals surface area contributed by atoms with Crippen molar-refractivity contribution < 1.29 is 24.5 Å². The molecular formula is C11H13FO4. The van der Waals surface area contributed by atoms with Gasteiger partial charge in [0.05, 0.1) is 11.7 Å². The molecule has 0 saturated carbocycles. The molecule has 0 aliphatic rings. The fourth-order valence-corrected chi connectivity index (χ4v) is 1.34. The fraction of sp³-hybridized carbons (Fsp3) is 0.364. The summed E-state index contributed by atoms with van der Waals surface area (Å²) in [6.45, 7) is -0.271. The Kier molecular flexibility index (Phi) is 4.54. The van der Waals surface area contributed by atoms with Crippen LogP contribution in [0.1, 0.15) is 28.4 Å². The minimum atomic E-state index is -1.28. The van der Waals surface area contributed by atoms with E-state index in [1.54, 1.807) is 0 Å². The highest BCUT2D eigenvalue weighted by molar-refractivity contribution is 5.75. The highest BCUT2D eigenvalue weighted by Crippen LogP contribution is 2.20. The summed E-state index contributed by atoms with van der Waals surface area (Å²) in [6, 6.07) is 3.58. The van der Waals surface area contributed by atoms with Gasteiger partial charge in [-0.15, -0.1) is 0 Å². The Labute approximate surface area is 92.0 Å². The van der Waals surface area contributed by atoms with Gasteiger partial charge in [-0.3, -0.25) is 4.79 Å². The zero-order valence-electron chi connectivity index (χ0n) is 8.51. The topological polar surface area (TPSA) is 77.8 Å². The maximum absolute atomic E-state index is 13.2. The Hall–Kier alpha value is -1.30. The van der Waals surface area contributed by atoms with E-state index in [2.05, 4.69) is 0 Å². The number of rotatable bonds is 5. The van der Waals surface area contributed by atoms with Crippen LogP contribution in [0.2, 0.25) is 0 Å². The molecule has 3 N–H and O–H groups in total. The molecule has 1 rings (SSSR count). The maximum atomic E-state index is 13.2. The van der Waals surface area contributed by atoms with Crippen LogP contribution in [0.3, 0.4) is 0 Å². The number of carbonyl (C=O) groups excluding carboxylic acids is 1. The van der Waals surface area contributed by atoms with Gasteiger partial charge in [-0.2, -0.15) is 0 Å². The van der Waals surface area contributed by atoms with Crippen molar-refractivity contribution in [2.24, 2.45) is 0 Å². The van der Waals surface area contributed by atoms with E-state index in [1.807, 2.05) is 0 Å². The molecule has 1 aromatic carbocycles. The molecule has 5 heteroatoms. The third-order valence-corrected chi connectivity index (χ3v) is 2.28. The average Bonchev–Trinajstić information content (AvgIpc) is 2.28. The Bertz CT molecular complexity index is 367.